The molecule has 1 N–H and O–H groups in total. The molecule has 1 amide bonds. The quantitative estimate of drug-likeness (QED) is 0.632. The van der Waals surface area contributed by atoms with Crippen LogP contribution in [0.3, 0.4) is 0 Å². The number of hydrogen-bond donors (Lipinski definition) is 1. The molecule has 2 aromatic carbocycles. The summed E-state index contributed by atoms with van der Waals surface area (Å²) in [5, 5.41) is 3.00. The van der Waals surface area contributed by atoms with Gasteiger partial charge in [0, 0.05) is 24.7 Å². The van der Waals surface area contributed by atoms with Crippen LogP contribution in [-0.4, -0.2) is 34.5 Å². The first-order valence-corrected chi connectivity index (χ1v) is 10.9. The zero-order valence-corrected chi connectivity index (χ0v) is 17.0. The van der Waals surface area contributed by atoms with Crippen LogP contribution in [0.2, 0.25) is 0 Å². The summed E-state index contributed by atoms with van der Waals surface area (Å²) in [5.74, 6) is 0.791. The van der Waals surface area contributed by atoms with E-state index < -0.39 is 0 Å². The summed E-state index contributed by atoms with van der Waals surface area (Å²) in [6, 6.07) is 15.7. The molecule has 146 valence electrons. The van der Waals surface area contributed by atoms with E-state index in [0.717, 1.165) is 41.5 Å². The van der Waals surface area contributed by atoms with Gasteiger partial charge in [0.2, 0.25) is 5.12 Å². The monoisotopic (exact) mass is 423 g/mol. The minimum absolute atomic E-state index is 0.110. The van der Waals surface area contributed by atoms with E-state index in [0.29, 0.717) is 17.5 Å². The second-order valence-corrected chi connectivity index (χ2v) is 8.82. The molecule has 3 heterocycles. The Labute approximate surface area is 175 Å². The lowest BCUT2D eigenvalue weighted by Gasteiger charge is -2.16. The lowest BCUT2D eigenvalue weighted by Crippen LogP contribution is -2.24. The first-order chi connectivity index (χ1) is 14.1. The third kappa shape index (κ3) is 3.86. The molecule has 8 heteroatoms. The molecule has 1 aromatic heterocycles. The van der Waals surface area contributed by atoms with E-state index in [1.165, 1.54) is 4.70 Å². The van der Waals surface area contributed by atoms with Gasteiger partial charge in [-0.3, -0.25) is 9.59 Å². The lowest BCUT2D eigenvalue weighted by molar-refractivity contribution is -0.107. The van der Waals surface area contributed by atoms with Crippen LogP contribution in [0.25, 0.3) is 16.3 Å². The van der Waals surface area contributed by atoms with Gasteiger partial charge in [0.1, 0.15) is 11.9 Å². The fourth-order valence-electron chi connectivity index (χ4n) is 3.42. The fourth-order valence-corrected chi connectivity index (χ4v) is 4.97. The standard InChI is InChI=1S/C21H17N3O3S2/c25-19-17(23-21(26)29-19)11-13-5-7-14(8-6-13)27-15-9-10-24(12-15)20-22-16-3-1-2-4-18(16)28-20/h1-8,11,15H,9-10,12H2,(H,23,26). The van der Waals surface area contributed by atoms with Crippen molar-refractivity contribution in [3.63, 3.8) is 0 Å². The fraction of sp³-hybridized carbons (Fsp3) is 0.190. The molecule has 5 rings (SSSR count). The Kier molecular flexibility index (Phi) is 4.73. The number of carbonyl (C=O) groups is 2. The highest BCUT2D eigenvalue weighted by Crippen LogP contribution is 2.31. The molecule has 6 nitrogen and oxygen atoms in total. The highest BCUT2D eigenvalue weighted by Gasteiger charge is 2.27. The number of thioether (sulfide) groups is 1. The molecule has 0 aliphatic carbocycles. The maximum atomic E-state index is 11.7. The molecular formula is C21H17N3O3S2. The Morgan fingerprint density at radius 2 is 1.97 bits per heavy atom. The van der Waals surface area contributed by atoms with Gasteiger partial charge in [-0.05, 0) is 35.9 Å². The van der Waals surface area contributed by atoms with E-state index in [4.69, 9.17) is 9.72 Å². The van der Waals surface area contributed by atoms with Gasteiger partial charge in [0.15, 0.2) is 5.13 Å². The Hall–Kier alpha value is -2.84. The topological polar surface area (TPSA) is 71.5 Å². The normalized spacial score (nSPS) is 20.6. The van der Waals surface area contributed by atoms with Gasteiger partial charge in [-0.1, -0.05) is 35.6 Å². The number of carbonyl (C=O) groups excluding carboxylic acids is 2. The molecule has 0 saturated carbocycles. The number of nitrogens with one attached hydrogen (secondary N) is 1. The molecule has 1 unspecified atom stereocenters. The van der Waals surface area contributed by atoms with Crippen LogP contribution >= 0.6 is 23.1 Å². The minimum atomic E-state index is -0.333. The average Bonchev–Trinajstić information content (AvgIpc) is 3.42. The van der Waals surface area contributed by atoms with Crippen LogP contribution < -0.4 is 15.0 Å². The molecule has 2 fully saturated rings. The van der Waals surface area contributed by atoms with Crippen LogP contribution in [0.5, 0.6) is 5.75 Å². The number of hydrogen-bond acceptors (Lipinski definition) is 7. The number of fused-ring (bicyclic) bond motifs is 1. The second-order valence-electron chi connectivity index (χ2n) is 6.87. The average molecular weight is 424 g/mol. The highest BCUT2D eigenvalue weighted by molar-refractivity contribution is 8.27. The molecule has 0 bridgehead atoms. The number of benzene rings is 2. The van der Waals surface area contributed by atoms with Gasteiger partial charge in [-0.15, -0.1) is 0 Å². The van der Waals surface area contributed by atoms with E-state index in [1.807, 2.05) is 42.5 Å². The Balaban J connectivity index is 1.22. The van der Waals surface area contributed by atoms with Gasteiger partial charge < -0.3 is 15.0 Å². The Bertz CT molecular complexity index is 1090. The molecule has 29 heavy (non-hydrogen) atoms. The summed E-state index contributed by atoms with van der Waals surface area (Å²) >= 11 is 2.39. The van der Waals surface area contributed by atoms with Gasteiger partial charge >= 0.3 is 0 Å². The van der Waals surface area contributed by atoms with E-state index in [9.17, 15) is 9.59 Å². The number of rotatable bonds is 4. The van der Waals surface area contributed by atoms with E-state index in [-0.39, 0.29) is 16.5 Å². The third-order valence-corrected chi connectivity index (χ3v) is 6.62. The van der Waals surface area contributed by atoms with Crippen molar-refractivity contribution in [1.29, 1.82) is 0 Å². The largest absolute Gasteiger partial charge is 0.489 e. The number of aromatic nitrogens is 1. The van der Waals surface area contributed by atoms with Gasteiger partial charge in [-0.2, -0.15) is 0 Å². The summed E-state index contributed by atoms with van der Waals surface area (Å²) in [4.78, 5) is 29.9. The van der Waals surface area contributed by atoms with Crippen molar-refractivity contribution in [3.8, 4) is 5.75 Å². The first kappa shape index (κ1) is 18.2. The highest BCUT2D eigenvalue weighted by atomic mass is 32.2. The van der Waals surface area contributed by atoms with Gasteiger partial charge in [-0.25, -0.2) is 4.98 Å². The Morgan fingerprint density at radius 3 is 2.72 bits per heavy atom. The minimum Gasteiger partial charge on any atom is -0.489 e. The lowest BCUT2D eigenvalue weighted by atomic mass is 10.2. The zero-order valence-electron chi connectivity index (χ0n) is 15.3. The molecular weight excluding hydrogens is 406 g/mol. The number of para-hydroxylation sites is 1. The number of nitrogens with zero attached hydrogens (tertiary/aromatic N) is 2. The predicted octanol–water partition coefficient (Wildman–Crippen LogP) is 4.28. The predicted molar refractivity (Wildman–Crippen MR) is 116 cm³/mol. The van der Waals surface area contributed by atoms with Crippen molar-refractivity contribution in [2.45, 2.75) is 12.5 Å². The molecule has 3 aromatic rings. The van der Waals surface area contributed by atoms with E-state index in [2.05, 4.69) is 16.3 Å². The number of amides is 1. The first-order valence-electron chi connectivity index (χ1n) is 9.26. The van der Waals surface area contributed by atoms with E-state index in [1.54, 1.807) is 17.4 Å². The number of anilines is 1. The second kappa shape index (κ2) is 7.53. The van der Waals surface area contributed by atoms with E-state index >= 15 is 0 Å². The zero-order chi connectivity index (χ0) is 19.8. The van der Waals surface area contributed by atoms with Crippen molar-refractivity contribution < 1.29 is 14.3 Å². The summed E-state index contributed by atoms with van der Waals surface area (Å²) < 4.78 is 7.34. The van der Waals surface area contributed by atoms with Gasteiger partial charge in [0.05, 0.1) is 22.5 Å². The third-order valence-electron chi connectivity index (χ3n) is 4.83. The maximum Gasteiger partial charge on any atom is 0.291 e. The Morgan fingerprint density at radius 1 is 1.14 bits per heavy atom. The van der Waals surface area contributed by atoms with Crippen molar-refractivity contribution >= 4 is 54.9 Å². The van der Waals surface area contributed by atoms with Crippen LogP contribution in [-0.2, 0) is 4.79 Å². The van der Waals surface area contributed by atoms with Crippen LogP contribution in [0, 0.1) is 0 Å². The summed E-state index contributed by atoms with van der Waals surface area (Å²) in [6.45, 7) is 1.73. The molecule has 2 aliphatic heterocycles. The summed E-state index contributed by atoms with van der Waals surface area (Å²) in [5.41, 5.74) is 2.19. The van der Waals surface area contributed by atoms with Crippen LogP contribution in [0.4, 0.5) is 9.93 Å². The molecule has 0 radical (unpaired) electrons. The number of ether oxygens (including phenoxy) is 1. The van der Waals surface area contributed by atoms with Crippen molar-refractivity contribution in [2.75, 3.05) is 18.0 Å². The molecule has 2 aliphatic rings. The van der Waals surface area contributed by atoms with Crippen molar-refractivity contribution in [1.82, 2.24) is 10.3 Å². The smallest absolute Gasteiger partial charge is 0.291 e. The molecule has 0 spiro atoms. The van der Waals surface area contributed by atoms with Gasteiger partial charge in [0.25, 0.3) is 5.24 Å². The SMILES string of the molecule is O=C1NC(=Cc2ccc(OC3CCN(c4nc5ccccc5s4)C3)cc2)C(=O)S1. The summed E-state index contributed by atoms with van der Waals surface area (Å²) in [7, 11) is 0. The van der Waals surface area contributed by atoms with Crippen LogP contribution in [0.1, 0.15) is 12.0 Å². The summed E-state index contributed by atoms with van der Waals surface area (Å²) in [6.07, 6.45) is 2.73. The maximum absolute atomic E-state index is 11.7. The number of thiazole rings is 1. The molecule has 2 saturated heterocycles. The molecule has 1 atom stereocenters. The van der Waals surface area contributed by atoms with Crippen molar-refractivity contribution in [3.05, 3.63) is 59.8 Å². The van der Waals surface area contributed by atoms with Crippen LogP contribution in [0.15, 0.2) is 54.2 Å². The van der Waals surface area contributed by atoms with Crippen molar-refractivity contribution in [2.24, 2.45) is 0 Å².